The summed E-state index contributed by atoms with van der Waals surface area (Å²) in [7, 11) is 3.95. The van der Waals surface area contributed by atoms with E-state index in [-0.39, 0.29) is 12.1 Å². The van der Waals surface area contributed by atoms with E-state index in [2.05, 4.69) is 16.4 Å². The summed E-state index contributed by atoms with van der Waals surface area (Å²) in [6.07, 6.45) is 4.04. The minimum Gasteiger partial charge on any atom is -0.394 e. The van der Waals surface area contributed by atoms with Crippen molar-refractivity contribution in [2.24, 2.45) is 0 Å². The maximum absolute atomic E-state index is 9.17. The van der Waals surface area contributed by atoms with E-state index < -0.39 is 0 Å². The molecular weight excluding hydrogens is 202 g/mol. The number of aliphatic hydroxyl groups excluding tert-OH is 1. The van der Waals surface area contributed by atoms with Crippen LogP contribution in [-0.2, 0) is 6.54 Å². The van der Waals surface area contributed by atoms with Gasteiger partial charge in [0, 0.05) is 32.4 Å². The van der Waals surface area contributed by atoms with Crippen LogP contribution in [0.15, 0.2) is 18.3 Å². The largest absolute Gasteiger partial charge is 0.394 e. The van der Waals surface area contributed by atoms with Gasteiger partial charge in [0.05, 0.1) is 6.61 Å². The standard InChI is InChI=1S/C12H19N3O/c1-15(2)11-4-3-10(7-13-11)8-14-12(9-16)5-6-12/h3-4,7,14,16H,5-6,8-9H2,1-2H3. The number of aliphatic hydroxyl groups is 1. The minimum absolute atomic E-state index is 0.000218. The topological polar surface area (TPSA) is 48.4 Å². The highest BCUT2D eigenvalue weighted by Crippen LogP contribution is 2.34. The van der Waals surface area contributed by atoms with Gasteiger partial charge >= 0.3 is 0 Å². The van der Waals surface area contributed by atoms with Gasteiger partial charge in [0.25, 0.3) is 0 Å². The van der Waals surface area contributed by atoms with Gasteiger partial charge in [-0.3, -0.25) is 0 Å². The van der Waals surface area contributed by atoms with Gasteiger partial charge in [-0.1, -0.05) is 6.07 Å². The van der Waals surface area contributed by atoms with Crippen molar-refractivity contribution in [3.63, 3.8) is 0 Å². The molecule has 88 valence electrons. The summed E-state index contributed by atoms with van der Waals surface area (Å²) >= 11 is 0. The summed E-state index contributed by atoms with van der Waals surface area (Å²) in [5.41, 5.74) is 1.16. The number of hydrogen-bond donors (Lipinski definition) is 2. The second-order valence-electron chi connectivity index (χ2n) is 4.71. The molecule has 4 heteroatoms. The Morgan fingerprint density at radius 2 is 2.19 bits per heavy atom. The summed E-state index contributed by atoms with van der Waals surface area (Å²) < 4.78 is 0. The predicted molar refractivity (Wildman–Crippen MR) is 64.5 cm³/mol. The van der Waals surface area contributed by atoms with Crippen LogP contribution in [0.1, 0.15) is 18.4 Å². The Morgan fingerprint density at radius 1 is 1.44 bits per heavy atom. The summed E-state index contributed by atoms with van der Waals surface area (Å²) in [6, 6.07) is 4.08. The lowest BCUT2D eigenvalue weighted by Crippen LogP contribution is -2.34. The molecule has 0 atom stereocenters. The molecule has 0 radical (unpaired) electrons. The van der Waals surface area contributed by atoms with Crippen molar-refractivity contribution < 1.29 is 5.11 Å². The molecule has 0 saturated heterocycles. The molecule has 2 rings (SSSR count). The van der Waals surface area contributed by atoms with Gasteiger partial charge < -0.3 is 15.3 Å². The fourth-order valence-corrected chi connectivity index (χ4v) is 1.62. The minimum atomic E-state index is 0.000218. The molecule has 4 nitrogen and oxygen atoms in total. The smallest absolute Gasteiger partial charge is 0.127 e. The molecule has 0 bridgehead atoms. The quantitative estimate of drug-likeness (QED) is 0.771. The average Bonchev–Trinajstić information content (AvgIpc) is 3.08. The normalized spacial score (nSPS) is 17.2. The maximum Gasteiger partial charge on any atom is 0.127 e. The van der Waals surface area contributed by atoms with E-state index in [1.807, 2.05) is 31.3 Å². The summed E-state index contributed by atoms with van der Waals surface area (Å²) in [5, 5.41) is 12.5. The molecule has 1 aliphatic rings. The van der Waals surface area contributed by atoms with Crippen LogP contribution in [0.5, 0.6) is 0 Å². The lowest BCUT2D eigenvalue weighted by molar-refractivity contribution is 0.229. The molecule has 1 fully saturated rings. The molecule has 0 spiro atoms. The molecule has 0 amide bonds. The summed E-state index contributed by atoms with van der Waals surface area (Å²) in [4.78, 5) is 6.33. The van der Waals surface area contributed by atoms with Crippen LogP contribution < -0.4 is 10.2 Å². The van der Waals surface area contributed by atoms with E-state index in [4.69, 9.17) is 5.11 Å². The number of hydrogen-bond acceptors (Lipinski definition) is 4. The Kier molecular flexibility index (Phi) is 3.12. The molecule has 1 aromatic heterocycles. The van der Waals surface area contributed by atoms with Crippen LogP contribution in [0, 0.1) is 0 Å². The van der Waals surface area contributed by atoms with E-state index in [1.54, 1.807) is 0 Å². The van der Waals surface area contributed by atoms with Gasteiger partial charge in [0.15, 0.2) is 0 Å². The van der Waals surface area contributed by atoms with Crippen molar-refractivity contribution in [2.45, 2.75) is 24.9 Å². The lowest BCUT2D eigenvalue weighted by Gasteiger charge is -2.15. The molecule has 0 aliphatic heterocycles. The number of nitrogens with one attached hydrogen (secondary N) is 1. The van der Waals surface area contributed by atoms with E-state index in [0.29, 0.717) is 0 Å². The second kappa shape index (κ2) is 4.39. The number of aromatic nitrogens is 1. The third-order valence-corrected chi connectivity index (χ3v) is 3.09. The average molecular weight is 221 g/mol. The molecular formula is C12H19N3O. The highest BCUT2D eigenvalue weighted by Gasteiger charge is 2.41. The monoisotopic (exact) mass is 221 g/mol. The van der Waals surface area contributed by atoms with Gasteiger partial charge in [0.1, 0.15) is 5.82 Å². The fourth-order valence-electron chi connectivity index (χ4n) is 1.62. The third-order valence-electron chi connectivity index (χ3n) is 3.09. The van der Waals surface area contributed by atoms with E-state index in [9.17, 15) is 0 Å². The number of anilines is 1. The molecule has 1 heterocycles. The first kappa shape index (κ1) is 11.4. The number of rotatable bonds is 5. The van der Waals surface area contributed by atoms with Gasteiger partial charge in [-0.2, -0.15) is 0 Å². The molecule has 1 saturated carbocycles. The third kappa shape index (κ3) is 2.51. The van der Waals surface area contributed by atoms with Gasteiger partial charge in [-0.05, 0) is 24.5 Å². The van der Waals surface area contributed by atoms with Crippen molar-refractivity contribution >= 4 is 5.82 Å². The van der Waals surface area contributed by atoms with Crippen LogP contribution in [0.2, 0.25) is 0 Å². The zero-order valence-electron chi connectivity index (χ0n) is 9.90. The first-order valence-electron chi connectivity index (χ1n) is 5.63. The van der Waals surface area contributed by atoms with Gasteiger partial charge in [-0.15, -0.1) is 0 Å². The highest BCUT2D eigenvalue weighted by atomic mass is 16.3. The maximum atomic E-state index is 9.17. The van der Waals surface area contributed by atoms with Crippen LogP contribution in [0.4, 0.5) is 5.82 Å². The Labute approximate surface area is 96.3 Å². The Balaban J connectivity index is 1.90. The molecule has 1 aliphatic carbocycles. The SMILES string of the molecule is CN(C)c1ccc(CNC2(CO)CC2)cn1. The number of nitrogens with zero attached hydrogens (tertiary/aromatic N) is 2. The van der Waals surface area contributed by atoms with Crippen molar-refractivity contribution in [1.29, 1.82) is 0 Å². The zero-order chi connectivity index (χ0) is 11.6. The van der Waals surface area contributed by atoms with Crippen LogP contribution in [0.3, 0.4) is 0 Å². The van der Waals surface area contributed by atoms with E-state index in [1.165, 1.54) is 0 Å². The molecule has 16 heavy (non-hydrogen) atoms. The molecule has 1 aromatic rings. The van der Waals surface area contributed by atoms with Crippen LogP contribution in [0.25, 0.3) is 0 Å². The van der Waals surface area contributed by atoms with E-state index in [0.717, 1.165) is 30.8 Å². The van der Waals surface area contributed by atoms with Gasteiger partial charge in [0.2, 0.25) is 0 Å². The fraction of sp³-hybridized carbons (Fsp3) is 0.583. The lowest BCUT2D eigenvalue weighted by atomic mass is 10.2. The molecule has 0 aromatic carbocycles. The van der Waals surface area contributed by atoms with Crippen molar-refractivity contribution in [3.05, 3.63) is 23.9 Å². The second-order valence-corrected chi connectivity index (χ2v) is 4.71. The number of pyridine rings is 1. The summed E-state index contributed by atoms with van der Waals surface area (Å²) in [5.74, 6) is 0.965. The van der Waals surface area contributed by atoms with Crippen molar-refractivity contribution in [3.8, 4) is 0 Å². The van der Waals surface area contributed by atoms with Crippen molar-refractivity contribution in [1.82, 2.24) is 10.3 Å². The Morgan fingerprint density at radius 3 is 2.62 bits per heavy atom. The first-order valence-corrected chi connectivity index (χ1v) is 5.63. The first-order chi connectivity index (χ1) is 7.65. The van der Waals surface area contributed by atoms with Crippen LogP contribution >= 0.6 is 0 Å². The van der Waals surface area contributed by atoms with E-state index >= 15 is 0 Å². The predicted octanol–water partition coefficient (Wildman–Crippen LogP) is 0.762. The van der Waals surface area contributed by atoms with Gasteiger partial charge in [-0.25, -0.2) is 4.98 Å². The van der Waals surface area contributed by atoms with Crippen LogP contribution in [-0.4, -0.2) is 36.3 Å². The summed E-state index contributed by atoms with van der Waals surface area (Å²) in [6.45, 7) is 1.01. The van der Waals surface area contributed by atoms with Crippen molar-refractivity contribution in [2.75, 3.05) is 25.6 Å². The molecule has 2 N–H and O–H groups in total. The zero-order valence-corrected chi connectivity index (χ0v) is 9.90. The Hall–Kier alpha value is -1.13. The highest BCUT2D eigenvalue weighted by molar-refractivity contribution is 5.37. The Bertz CT molecular complexity index is 344. The molecule has 0 unspecified atom stereocenters.